The average Bonchev–Trinajstić information content (AvgIpc) is 3.11. The van der Waals surface area contributed by atoms with Gasteiger partial charge in [-0.15, -0.1) is 12.4 Å². The van der Waals surface area contributed by atoms with Gasteiger partial charge >= 0.3 is 0 Å². The van der Waals surface area contributed by atoms with Crippen LogP contribution in [0.3, 0.4) is 0 Å². The van der Waals surface area contributed by atoms with Gasteiger partial charge in [-0.25, -0.2) is 0 Å². The molecule has 0 saturated carbocycles. The highest BCUT2D eigenvalue weighted by atomic mass is 35.5. The highest BCUT2D eigenvalue weighted by Crippen LogP contribution is 2.26. The van der Waals surface area contributed by atoms with Crippen LogP contribution in [0.15, 0.2) is 16.9 Å². The zero-order valence-corrected chi connectivity index (χ0v) is 11.7. The van der Waals surface area contributed by atoms with Gasteiger partial charge in [-0.2, -0.15) is 0 Å². The smallest absolute Gasteiger partial charge is 0.276 e. The molecule has 2 aliphatic rings. The second-order valence-electron chi connectivity index (χ2n) is 5.22. The van der Waals surface area contributed by atoms with Gasteiger partial charge in [-0.3, -0.25) is 4.79 Å². The van der Waals surface area contributed by atoms with Crippen LogP contribution in [0.5, 0.6) is 0 Å². The van der Waals surface area contributed by atoms with Crippen molar-refractivity contribution in [3.8, 4) is 0 Å². The quantitative estimate of drug-likeness (QED) is 0.898. The Bertz CT molecular complexity index is 396. The van der Waals surface area contributed by atoms with Crippen molar-refractivity contribution in [2.45, 2.75) is 31.7 Å². The van der Waals surface area contributed by atoms with Crippen LogP contribution in [0, 0.1) is 5.92 Å². The van der Waals surface area contributed by atoms with Gasteiger partial charge in [0.1, 0.15) is 6.26 Å². The Hall–Kier alpha value is -1.07. The number of amides is 1. The Morgan fingerprint density at radius 1 is 1.37 bits per heavy atom. The van der Waals surface area contributed by atoms with Gasteiger partial charge < -0.3 is 14.7 Å². The van der Waals surface area contributed by atoms with E-state index < -0.39 is 0 Å². The summed E-state index contributed by atoms with van der Waals surface area (Å²) in [6.07, 6.45) is 6.23. The third kappa shape index (κ3) is 3.09. The maximum atomic E-state index is 12.1. The van der Waals surface area contributed by atoms with E-state index in [2.05, 4.69) is 10.5 Å². The van der Waals surface area contributed by atoms with Crippen LogP contribution in [-0.2, 0) is 0 Å². The van der Waals surface area contributed by atoms with E-state index in [1.165, 1.54) is 19.1 Å². The summed E-state index contributed by atoms with van der Waals surface area (Å²) in [5, 5.41) is 7.28. The number of nitrogens with zero attached hydrogens (tertiary/aromatic N) is 2. The highest BCUT2D eigenvalue weighted by molar-refractivity contribution is 5.92. The van der Waals surface area contributed by atoms with E-state index in [1.54, 1.807) is 6.07 Å². The summed E-state index contributed by atoms with van der Waals surface area (Å²) in [4.78, 5) is 14.0. The molecule has 5 nitrogen and oxygen atoms in total. The number of hydrogen-bond donors (Lipinski definition) is 1. The third-order valence-electron chi connectivity index (χ3n) is 4.15. The lowest BCUT2D eigenvalue weighted by Crippen LogP contribution is -2.43. The maximum absolute atomic E-state index is 12.1. The summed E-state index contributed by atoms with van der Waals surface area (Å²) >= 11 is 0. The normalized spacial score (nSPS) is 24.2. The van der Waals surface area contributed by atoms with Crippen LogP contribution in [0.4, 0.5) is 0 Å². The van der Waals surface area contributed by atoms with Crippen molar-refractivity contribution in [1.82, 2.24) is 15.4 Å². The molecule has 19 heavy (non-hydrogen) atoms. The van der Waals surface area contributed by atoms with Crippen LogP contribution < -0.4 is 5.32 Å². The van der Waals surface area contributed by atoms with E-state index >= 15 is 0 Å². The molecular weight excluding hydrogens is 266 g/mol. The van der Waals surface area contributed by atoms with Crippen LogP contribution in [-0.4, -0.2) is 41.6 Å². The number of likely N-dealkylation sites (tertiary alicyclic amines) is 1. The molecule has 1 aromatic rings. The summed E-state index contributed by atoms with van der Waals surface area (Å²) in [6, 6.07) is 2.31. The maximum Gasteiger partial charge on any atom is 0.276 e. The van der Waals surface area contributed by atoms with Crippen molar-refractivity contribution in [2.24, 2.45) is 5.92 Å². The molecule has 0 aliphatic carbocycles. The molecule has 2 aliphatic heterocycles. The summed E-state index contributed by atoms with van der Waals surface area (Å²) in [7, 11) is 0. The summed E-state index contributed by atoms with van der Waals surface area (Å²) < 4.78 is 4.72. The van der Waals surface area contributed by atoms with Crippen molar-refractivity contribution >= 4 is 18.3 Å². The topological polar surface area (TPSA) is 58.4 Å². The monoisotopic (exact) mass is 285 g/mol. The van der Waals surface area contributed by atoms with Gasteiger partial charge in [0, 0.05) is 25.2 Å². The van der Waals surface area contributed by atoms with Gasteiger partial charge in [-0.1, -0.05) is 5.16 Å². The zero-order valence-electron chi connectivity index (χ0n) is 10.9. The molecule has 0 aromatic carbocycles. The molecule has 1 aromatic heterocycles. The van der Waals surface area contributed by atoms with Crippen LogP contribution >= 0.6 is 12.4 Å². The molecule has 1 atom stereocenters. The first-order chi connectivity index (χ1) is 8.84. The SMILES string of the molecule is Cl.O=C(c1ccon1)N1CCC(C2CCCN2)CC1. The number of halogens is 1. The van der Waals surface area contributed by atoms with Gasteiger partial charge in [-0.05, 0) is 38.1 Å². The van der Waals surface area contributed by atoms with Crippen LogP contribution in [0.25, 0.3) is 0 Å². The standard InChI is InChI=1S/C13H19N3O2.ClH/c17-13(12-5-9-18-15-12)16-7-3-10(4-8-16)11-2-1-6-14-11;/h5,9-11,14H,1-4,6-8H2;1H. The van der Waals surface area contributed by atoms with E-state index in [9.17, 15) is 4.79 Å². The second-order valence-corrected chi connectivity index (χ2v) is 5.22. The van der Waals surface area contributed by atoms with E-state index in [1.807, 2.05) is 4.90 Å². The summed E-state index contributed by atoms with van der Waals surface area (Å²) in [5.41, 5.74) is 0.424. The minimum absolute atomic E-state index is 0. The van der Waals surface area contributed by atoms with E-state index in [0.29, 0.717) is 11.7 Å². The number of piperidine rings is 1. The Morgan fingerprint density at radius 3 is 2.74 bits per heavy atom. The fourth-order valence-corrected chi connectivity index (χ4v) is 3.10. The van der Waals surface area contributed by atoms with Crippen molar-refractivity contribution in [1.29, 1.82) is 0 Å². The van der Waals surface area contributed by atoms with Gasteiger partial charge in [0.15, 0.2) is 5.69 Å². The van der Waals surface area contributed by atoms with Crippen molar-refractivity contribution in [2.75, 3.05) is 19.6 Å². The fourth-order valence-electron chi connectivity index (χ4n) is 3.10. The minimum Gasteiger partial charge on any atom is -0.364 e. The number of aromatic nitrogens is 1. The number of carbonyl (C=O) groups excluding carboxylic acids is 1. The van der Waals surface area contributed by atoms with E-state index in [-0.39, 0.29) is 18.3 Å². The molecule has 0 bridgehead atoms. The van der Waals surface area contributed by atoms with Crippen molar-refractivity contribution < 1.29 is 9.32 Å². The van der Waals surface area contributed by atoms with Crippen LogP contribution in [0.2, 0.25) is 0 Å². The molecule has 3 heterocycles. The highest BCUT2D eigenvalue weighted by Gasteiger charge is 2.30. The molecule has 3 rings (SSSR count). The van der Waals surface area contributed by atoms with Crippen molar-refractivity contribution in [3.05, 3.63) is 18.0 Å². The molecule has 1 N–H and O–H groups in total. The second kappa shape index (κ2) is 6.39. The first-order valence-corrected chi connectivity index (χ1v) is 6.77. The van der Waals surface area contributed by atoms with E-state index in [4.69, 9.17) is 4.52 Å². The Balaban J connectivity index is 0.00000133. The van der Waals surface area contributed by atoms with Gasteiger partial charge in [0.25, 0.3) is 5.91 Å². The number of rotatable bonds is 2. The molecular formula is C13H20ClN3O2. The largest absolute Gasteiger partial charge is 0.364 e. The predicted octanol–water partition coefficient (Wildman–Crippen LogP) is 1.70. The molecule has 1 amide bonds. The molecule has 2 fully saturated rings. The number of hydrogen-bond acceptors (Lipinski definition) is 4. The van der Waals surface area contributed by atoms with Gasteiger partial charge in [0.2, 0.25) is 0 Å². The van der Waals surface area contributed by atoms with Crippen LogP contribution in [0.1, 0.15) is 36.2 Å². The summed E-state index contributed by atoms with van der Waals surface area (Å²) in [6.45, 7) is 2.84. The zero-order chi connectivity index (χ0) is 12.4. The lowest BCUT2D eigenvalue weighted by molar-refractivity contribution is 0.0664. The average molecular weight is 286 g/mol. The minimum atomic E-state index is 0. The molecule has 6 heteroatoms. The molecule has 2 saturated heterocycles. The first-order valence-electron chi connectivity index (χ1n) is 6.77. The number of carbonyl (C=O) groups is 1. The molecule has 0 spiro atoms. The lowest BCUT2D eigenvalue weighted by Gasteiger charge is -2.34. The summed E-state index contributed by atoms with van der Waals surface area (Å²) in [5.74, 6) is 0.732. The lowest BCUT2D eigenvalue weighted by atomic mass is 9.88. The molecule has 0 radical (unpaired) electrons. The fraction of sp³-hybridized carbons (Fsp3) is 0.692. The van der Waals surface area contributed by atoms with Gasteiger partial charge in [0.05, 0.1) is 0 Å². The Kier molecular flexibility index (Phi) is 4.82. The molecule has 1 unspecified atom stereocenters. The van der Waals surface area contributed by atoms with E-state index in [0.717, 1.165) is 38.4 Å². The number of nitrogens with one attached hydrogen (secondary N) is 1. The third-order valence-corrected chi connectivity index (χ3v) is 4.15. The first kappa shape index (κ1) is 14.3. The molecule has 106 valence electrons. The Morgan fingerprint density at radius 2 is 2.16 bits per heavy atom. The van der Waals surface area contributed by atoms with Crippen molar-refractivity contribution in [3.63, 3.8) is 0 Å². The Labute approximate surface area is 119 Å². The predicted molar refractivity (Wildman–Crippen MR) is 73.4 cm³/mol.